The number of nitrogens with zero attached hydrogens (tertiary/aromatic N) is 1. The van der Waals surface area contributed by atoms with Crippen LogP contribution in [0.4, 0.5) is 5.69 Å². The third kappa shape index (κ3) is 5.48. The summed E-state index contributed by atoms with van der Waals surface area (Å²) in [6, 6.07) is 14.5. The van der Waals surface area contributed by atoms with Crippen LogP contribution < -0.4 is 14.8 Å². The molecule has 7 nitrogen and oxygen atoms in total. The number of hydrogen-bond donors (Lipinski definition) is 1. The number of anilines is 1. The van der Waals surface area contributed by atoms with Crippen LogP contribution in [0.2, 0.25) is 0 Å². The topological polar surface area (TPSA) is 82.8 Å². The predicted octanol–water partition coefficient (Wildman–Crippen LogP) is 5.07. The lowest BCUT2D eigenvalue weighted by atomic mass is 10.1. The number of rotatable bonds is 8. The first kappa shape index (κ1) is 21.9. The molecule has 2 aromatic carbocycles. The molecule has 1 aromatic heterocycles. The van der Waals surface area contributed by atoms with Crippen LogP contribution in [0, 0.1) is 13.8 Å². The van der Waals surface area contributed by atoms with Gasteiger partial charge in [0, 0.05) is 12.2 Å². The molecule has 0 bridgehead atoms. The monoisotopic (exact) mass is 436 g/mol. The molecule has 0 radical (unpaired) electrons. The lowest BCUT2D eigenvalue weighted by Crippen LogP contribution is -2.26. The Balaban J connectivity index is 1.39. The summed E-state index contributed by atoms with van der Waals surface area (Å²) < 4.78 is 22.7. The van der Waals surface area contributed by atoms with E-state index in [4.69, 9.17) is 18.7 Å². The lowest BCUT2D eigenvalue weighted by molar-refractivity contribution is -0.0109. The average Bonchev–Trinajstić information content (AvgIpc) is 3.15. The third-order valence-electron chi connectivity index (χ3n) is 5.49. The quantitative estimate of drug-likeness (QED) is 0.531. The molecule has 32 heavy (non-hydrogen) atoms. The molecule has 1 fully saturated rings. The van der Waals surface area contributed by atoms with Crippen LogP contribution in [0.15, 0.2) is 53.1 Å². The number of benzene rings is 2. The number of carbonyl (C=O) groups is 1. The number of amides is 1. The normalized spacial score (nSPS) is 15.9. The molecular formula is C25H28N2O5. The zero-order chi connectivity index (χ0) is 22.3. The molecule has 1 aliphatic heterocycles. The largest absolute Gasteiger partial charge is 0.489 e. The van der Waals surface area contributed by atoms with Gasteiger partial charge in [-0.25, -0.2) is 0 Å². The summed E-state index contributed by atoms with van der Waals surface area (Å²) in [7, 11) is 0. The fraction of sp³-hybridized carbons (Fsp3) is 0.360. The molecule has 4 rings (SSSR count). The van der Waals surface area contributed by atoms with Gasteiger partial charge in [-0.3, -0.25) is 4.79 Å². The highest BCUT2D eigenvalue weighted by Gasteiger charge is 2.16. The Kier molecular flexibility index (Phi) is 7.07. The van der Waals surface area contributed by atoms with Crippen molar-refractivity contribution >= 4 is 11.6 Å². The highest BCUT2D eigenvalue weighted by Crippen LogP contribution is 2.26. The number of aryl methyl sites for hydroxylation is 2. The summed E-state index contributed by atoms with van der Waals surface area (Å²) in [5, 5.41) is 6.88. The van der Waals surface area contributed by atoms with Crippen LogP contribution in [0.3, 0.4) is 0 Å². The van der Waals surface area contributed by atoms with Crippen LogP contribution in [0.25, 0.3) is 0 Å². The van der Waals surface area contributed by atoms with Crippen molar-refractivity contribution < 1.29 is 23.5 Å². The summed E-state index contributed by atoms with van der Waals surface area (Å²) in [6.45, 7) is 5.30. The SMILES string of the molecule is Cc1noc(C)c1COc1cccc(C(=O)Nc2ccccc2OCC2CCCCO2)c1. The zero-order valence-corrected chi connectivity index (χ0v) is 18.4. The number of nitrogens with one attached hydrogen (secondary N) is 1. The molecule has 0 saturated carbocycles. The van der Waals surface area contributed by atoms with E-state index in [1.54, 1.807) is 18.2 Å². The smallest absolute Gasteiger partial charge is 0.255 e. The van der Waals surface area contributed by atoms with Gasteiger partial charge in [0.05, 0.1) is 23.0 Å². The maximum atomic E-state index is 12.9. The van der Waals surface area contributed by atoms with Crippen molar-refractivity contribution in [1.29, 1.82) is 0 Å². The van der Waals surface area contributed by atoms with Gasteiger partial charge in [0.2, 0.25) is 0 Å². The molecular weight excluding hydrogens is 408 g/mol. The number of para-hydroxylation sites is 2. The van der Waals surface area contributed by atoms with Crippen LogP contribution in [-0.2, 0) is 11.3 Å². The van der Waals surface area contributed by atoms with Crippen LogP contribution in [0.1, 0.15) is 46.6 Å². The van der Waals surface area contributed by atoms with Crippen LogP contribution in [-0.4, -0.2) is 30.4 Å². The third-order valence-corrected chi connectivity index (χ3v) is 5.49. The molecule has 2 heterocycles. The van der Waals surface area contributed by atoms with E-state index in [0.717, 1.165) is 42.9 Å². The fourth-order valence-electron chi connectivity index (χ4n) is 3.60. The first-order valence-electron chi connectivity index (χ1n) is 10.9. The van der Waals surface area contributed by atoms with E-state index in [0.29, 0.717) is 36.0 Å². The van der Waals surface area contributed by atoms with E-state index >= 15 is 0 Å². The minimum absolute atomic E-state index is 0.0963. The highest BCUT2D eigenvalue weighted by molar-refractivity contribution is 6.05. The van der Waals surface area contributed by atoms with E-state index < -0.39 is 0 Å². The maximum Gasteiger partial charge on any atom is 0.255 e. The van der Waals surface area contributed by atoms with Gasteiger partial charge in [-0.05, 0) is 63.4 Å². The van der Waals surface area contributed by atoms with Gasteiger partial charge in [0.15, 0.2) is 0 Å². The maximum absolute atomic E-state index is 12.9. The molecule has 1 unspecified atom stereocenters. The molecule has 0 aliphatic carbocycles. The van der Waals surface area contributed by atoms with Crippen molar-refractivity contribution in [1.82, 2.24) is 5.16 Å². The second-order valence-corrected chi connectivity index (χ2v) is 7.87. The Morgan fingerprint density at radius 3 is 2.78 bits per heavy atom. The standard InChI is InChI=1S/C25H28N2O5/c1-17-22(18(2)32-27-17)16-30-20-10-7-8-19(14-20)25(28)26-23-11-3-4-12-24(23)31-15-21-9-5-6-13-29-21/h3-4,7-8,10-12,14,21H,5-6,9,13,15-16H2,1-2H3,(H,26,28). The molecule has 0 spiro atoms. The lowest BCUT2D eigenvalue weighted by Gasteiger charge is -2.23. The molecule has 1 N–H and O–H groups in total. The van der Waals surface area contributed by atoms with E-state index in [2.05, 4.69) is 10.5 Å². The van der Waals surface area contributed by atoms with Gasteiger partial charge in [0.1, 0.15) is 30.5 Å². The molecule has 168 valence electrons. The van der Waals surface area contributed by atoms with E-state index in [-0.39, 0.29) is 12.0 Å². The minimum atomic E-state index is -0.238. The second kappa shape index (κ2) is 10.3. The van der Waals surface area contributed by atoms with Gasteiger partial charge in [-0.1, -0.05) is 23.4 Å². The first-order chi connectivity index (χ1) is 15.6. The van der Waals surface area contributed by atoms with Gasteiger partial charge in [-0.2, -0.15) is 0 Å². The van der Waals surface area contributed by atoms with Crippen molar-refractivity contribution in [2.45, 2.75) is 45.8 Å². The Labute approximate surface area is 187 Å². The van der Waals surface area contributed by atoms with E-state index in [9.17, 15) is 4.79 Å². The average molecular weight is 437 g/mol. The first-order valence-corrected chi connectivity index (χ1v) is 10.9. The Bertz CT molecular complexity index is 1040. The minimum Gasteiger partial charge on any atom is -0.489 e. The molecule has 1 atom stereocenters. The van der Waals surface area contributed by atoms with E-state index in [1.165, 1.54) is 0 Å². The van der Waals surface area contributed by atoms with Gasteiger partial charge in [-0.15, -0.1) is 0 Å². The van der Waals surface area contributed by atoms with Gasteiger partial charge in [0.25, 0.3) is 5.91 Å². The summed E-state index contributed by atoms with van der Waals surface area (Å²) in [5.41, 5.74) is 2.82. The van der Waals surface area contributed by atoms with Crippen molar-refractivity contribution in [2.75, 3.05) is 18.5 Å². The number of hydrogen-bond acceptors (Lipinski definition) is 6. The summed E-state index contributed by atoms with van der Waals surface area (Å²) >= 11 is 0. The number of aromatic nitrogens is 1. The predicted molar refractivity (Wildman–Crippen MR) is 120 cm³/mol. The van der Waals surface area contributed by atoms with Gasteiger partial charge >= 0.3 is 0 Å². The van der Waals surface area contributed by atoms with E-state index in [1.807, 2.05) is 44.2 Å². The van der Waals surface area contributed by atoms with Crippen molar-refractivity contribution in [3.8, 4) is 11.5 Å². The summed E-state index contributed by atoms with van der Waals surface area (Å²) in [6.07, 6.45) is 3.35. The second-order valence-electron chi connectivity index (χ2n) is 7.87. The van der Waals surface area contributed by atoms with Crippen molar-refractivity contribution in [3.63, 3.8) is 0 Å². The van der Waals surface area contributed by atoms with Crippen LogP contribution >= 0.6 is 0 Å². The Morgan fingerprint density at radius 2 is 2.00 bits per heavy atom. The summed E-state index contributed by atoms with van der Waals surface area (Å²) in [4.78, 5) is 12.9. The van der Waals surface area contributed by atoms with Crippen LogP contribution in [0.5, 0.6) is 11.5 Å². The molecule has 1 saturated heterocycles. The number of ether oxygens (including phenoxy) is 3. The molecule has 1 aliphatic rings. The fourth-order valence-corrected chi connectivity index (χ4v) is 3.60. The summed E-state index contributed by atoms with van der Waals surface area (Å²) in [5.74, 6) is 1.71. The Hall–Kier alpha value is -3.32. The molecule has 7 heteroatoms. The number of carbonyl (C=O) groups excluding carboxylic acids is 1. The highest BCUT2D eigenvalue weighted by atomic mass is 16.5. The molecule has 1 amide bonds. The van der Waals surface area contributed by atoms with Crippen molar-refractivity contribution in [3.05, 3.63) is 71.1 Å². The Morgan fingerprint density at radius 1 is 1.12 bits per heavy atom. The van der Waals surface area contributed by atoms with Crippen molar-refractivity contribution in [2.24, 2.45) is 0 Å². The zero-order valence-electron chi connectivity index (χ0n) is 18.4. The van der Waals surface area contributed by atoms with Gasteiger partial charge < -0.3 is 24.1 Å². The molecule has 3 aromatic rings.